The molecule has 1 amide bonds. The number of rotatable bonds is 7. The van der Waals surface area contributed by atoms with Crippen molar-refractivity contribution in [3.8, 4) is 0 Å². The minimum atomic E-state index is 0.0543. The van der Waals surface area contributed by atoms with Crippen molar-refractivity contribution in [1.82, 2.24) is 0 Å². The maximum atomic E-state index is 12.1. The number of anilines is 2. The molecule has 1 unspecified atom stereocenters. The number of nitrogens with one attached hydrogen (secondary N) is 1. The quantitative estimate of drug-likeness (QED) is 0.733. The Morgan fingerprint density at radius 1 is 1.19 bits per heavy atom. The Balaban J connectivity index is 1.45. The molecule has 1 atom stereocenters. The van der Waals surface area contributed by atoms with Crippen molar-refractivity contribution in [2.45, 2.75) is 30.3 Å². The minimum absolute atomic E-state index is 0.0543. The molecule has 26 heavy (non-hydrogen) atoms. The number of hydrogen-bond acceptors (Lipinski definition) is 4. The summed E-state index contributed by atoms with van der Waals surface area (Å²) in [4.78, 5) is 15.7. The predicted octanol–water partition coefficient (Wildman–Crippen LogP) is 4.42. The zero-order valence-corrected chi connectivity index (χ0v) is 16.0. The molecular formula is C21H26N2O2S. The van der Waals surface area contributed by atoms with Crippen LogP contribution in [0.5, 0.6) is 0 Å². The molecule has 0 saturated carbocycles. The number of benzene rings is 2. The first-order valence-corrected chi connectivity index (χ1v) is 10.1. The third-order valence-electron chi connectivity index (χ3n) is 4.57. The smallest absolute Gasteiger partial charge is 0.225 e. The number of amides is 1. The summed E-state index contributed by atoms with van der Waals surface area (Å²) in [7, 11) is 1.78. The Kier molecular flexibility index (Phi) is 6.97. The van der Waals surface area contributed by atoms with Crippen LogP contribution < -0.4 is 10.2 Å². The summed E-state index contributed by atoms with van der Waals surface area (Å²) in [5, 5.41) is 2.98. The van der Waals surface area contributed by atoms with Crippen LogP contribution in [-0.4, -0.2) is 38.0 Å². The molecule has 0 aliphatic carbocycles. The van der Waals surface area contributed by atoms with Crippen molar-refractivity contribution in [2.24, 2.45) is 0 Å². The van der Waals surface area contributed by atoms with Crippen molar-refractivity contribution < 1.29 is 9.53 Å². The van der Waals surface area contributed by atoms with Gasteiger partial charge < -0.3 is 15.0 Å². The monoisotopic (exact) mass is 370 g/mol. The highest BCUT2D eigenvalue weighted by molar-refractivity contribution is 7.99. The van der Waals surface area contributed by atoms with Crippen molar-refractivity contribution >= 4 is 29.0 Å². The zero-order valence-electron chi connectivity index (χ0n) is 15.2. The maximum absolute atomic E-state index is 12.1. The summed E-state index contributed by atoms with van der Waals surface area (Å²) in [5.74, 6) is 0.832. The van der Waals surface area contributed by atoms with E-state index in [0.29, 0.717) is 12.5 Å². The Morgan fingerprint density at radius 2 is 1.96 bits per heavy atom. The van der Waals surface area contributed by atoms with E-state index < -0.39 is 0 Å². The van der Waals surface area contributed by atoms with Crippen LogP contribution in [0.4, 0.5) is 11.4 Å². The van der Waals surface area contributed by atoms with Crippen LogP contribution in [0.1, 0.15) is 19.3 Å². The van der Waals surface area contributed by atoms with Gasteiger partial charge in [-0.25, -0.2) is 0 Å². The maximum Gasteiger partial charge on any atom is 0.225 e. The van der Waals surface area contributed by atoms with Crippen molar-refractivity contribution in [2.75, 3.05) is 36.2 Å². The van der Waals surface area contributed by atoms with Crippen LogP contribution in [0, 0.1) is 0 Å². The van der Waals surface area contributed by atoms with E-state index in [-0.39, 0.29) is 5.91 Å². The summed E-state index contributed by atoms with van der Waals surface area (Å²) in [6.45, 7) is 1.99. The first kappa shape index (κ1) is 18.8. The Hall–Kier alpha value is -1.98. The molecule has 2 aromatic carbocycles. The van der Waals surface area contributed by atoms with Crippen LogP contribution in [-0.2, 0) is 9.53 Å². The lowest BCUT2D eigenvalue weighted by molar-refractivity contribution is -0.115. The fourth-order valence-electron chi connectivity index (χ4n) is 3.12. The average Bonchev–Trinajstić information content (AvgIpc) is 2.69. The fourth-order valence-corrected chi connectivity index (χ4v) is 4.00. The van der Waals surface area contributed by atoms with E-state index in [0.717, 1.165) is 37.4 Å². The summed E-state index contributed by atoms with van der Waals surface area (Å²) < 4.78 is 5.49. The molecule has 138 valence electrons. The lowest BCUT2D eigenvalue weighted by atomic mass is 10.1. The molecule has 0 radical (unpaired) electrons. The number of thioether (sulfide) groups is 1. The van der Waals surface area contributed by atoms with Gasteiger partial charge in [-0.1, -0.05) is 18.2 Å². The van der Waals surface area contributed by atoms with Gasteiger partial charge in [-0.3, -0.25) is 4.79 Å². The van der Waals surface area contributed by atoms with Gasteiger partial charge in [0.25, 0.3) is 0 Å². The number of piperidine rings is 1. The van der Waals surface area contributed by atoms with Crippen LogP contribution in [0.25, 0.3) is 0 Å². The van der Waals surface area contributed by atoms with Crippen molar-refractivity contribution in [3.05, 3.63) is 54.6 Å². The number of ether oxygens (including phenoxy) is 1. The minimum Gasteiger partial charge on any atom is -0.380 e. The molecule has 0 aromatic heterocycles. The Bertz CT molecular complexity index is 691. The highest BCUT2D eigenvalue weighted by atomic mass is 32.2. The lowest BCUT2D eigenvalue weighted by Crippen LogP contribution is -2.39. The third-order valence-corrected chi connectivity index (χ3v) is 5.58. The van der Waals surface area contributed by atoms with E-state index in [1.165, 1.54) is 10.6 Å². The van der Waals surface area contributed by atoms with Gasteiger partial charge in [0.1, 0.15) is 0 Å². The van der Waals surface area contributed by atoms with Gasteiger partial charge in [0.15, 0.2) is 0 Å². The molecule has 1 aliphatic heterocycles. The van der Waals surface area contributed by atoms with Gasteiger partial charge in [-0.15, -0.1) is 11.8 Å². The topological polar surface area (TPSA) is 41.6 Å². The van der Waals surface area contributed by atoms with E-state index in [1.54, 1.807) is 18.9 Å². The second-order valence-electron chi connectivity index (χ2n) is 6.45. The predicted molar refractivity (Wildman–Crippen MR) is 109 cm³/mol. The molecule has 2 aromatic rings. The largest absolute Gasteiger partial charge is 0.380 e. The van der Waals surface area contributed by atoms with E-state index in [1.807, 2.05) is 30.3 Å². The van der Waals surface area contributed by atoms with E-state index >= 15 is 0 Å². The van der Waals surface area contributed by atoms with Crippen molar-refractivity contribution in [1.29, 1.82) is 0 Å². The van der Waals surface area contributed by atoms with E-state index in [4.69, 9.17) is 4.74 Å². The SMILES string of the molecule is COC1CCCN(c2ccc(NC(=O)CCSc3ccccc3)cc2)C1. The molecule has 0 spiro atoms. The molecule has 5 heteroatoms. The third kappa shape index (κ3) is 5.51. The Morgan fingerprint density at radius 3 is 2.69 bits per heavy atom. The first-order valence-electron chi connectivity index (χ1n) is 9.10. The van der Waals surface area contributed by atoms with E-state index in [2.05, 4.69) is 34.5 Å². The summed E-state index contributed by atoms with van der Waals surface area (Å²) in [6.07, 6.45) is 3.09. The molecule has 1 N–H and O–H groups in total. The molecule has 1 saturated heterocycles. The zero-order chi connectivity index (χ0) is 18.2. The number of hydrogen-bond donors (Lipinski definition) is 1. The number of nitrogens with zero attached hydrogens (tertiary/aromatic N) is 1. The van der Waals surface area contributed by atoms with Crippen LogP contribution in [0.15, 0.2) is 59.5 Å². The number of carbonyl (C=O) groups excluding carboxylic acids is 1. The summed E-state index contributed by atoms with van der Waals surface area (Å²) >= 11 is 1.70. The van der Waals surface area contributed by atoms with E-state index in [9.17, 15) is 4.79 Å². The van der Waals surface area contributed by atoms with Gasteiger partial charge in [-0.05, 0) is 49.2 Å². The van der Waals surface area contributed by atoms with Crippen LogP contribution in [0.2, 0.25) is 0 Å². The molecule has 4 nitrogen and oxygen atoms in total. The number of methoxy groups -OCH3 is 1. The summed E-state index contributed by atoms with van der Waals surface area (Å²) in [6, 6.07) is 18.3. The standard InChI is InChI=1S/C21H26N2O2S/c1-25-19-6-5-14-23(16-19)18-11-9-17(10-12-18)22-21(24)13-15-26-20-7-3-2-4-8-20/h2-4,7-12,19H,5-6,13-16H2,1H3,(H,22,24). The van der Waals surface area contributed by atoms with Gasteiger partial charge >= 0.3 is 0 Å². The number of carbonyl (C=O) groups is 1. The molecule has 1 fully saturated rings. The van der Waals surface area contributed by atoms with Gasteiger partial charge in [-0.2, -0.15) is 0 Å². The Labute approximate surface area is 159 Å². The van der Waals surface area contributed by atoms with Gasteiger partial charge in [0, 0.05) is 48.6 Å². The first-order chi connectivity index (χ1) is 12.7. The second-order valence-corrected chi connectivity index (χ2v) is 7.62. The second kappa shape index (κ2) is 9.64. The fraction of sp³-hybridized carbons (Fsp3) is 0.381. The highest BCUT2D eigenvalue weighted by Crippen LogP contribution is 2.23. The average molecular weight is 371 g/mol. The van der Waals surface area contributed by atoms with Crippen LogP contribution in [0.3, 0.4) is 0 Å². The van der Waals surface area contributed by atoms with Gasteiger partial charge in [0.05, 0.1) is 6.10 Å². The molecule has 0 bridgehead atoms. The lowest BCUT2D eigenvalue weighted by Gasteiger charge is -2.33. The molecule has 1 heterocycles. The van der Waals surface area contributed by atoms with Crippen LogP contribution >= 0.6 is 11.8 Å². The highest BCUT2D eigenvalue weighted by Gasteiger charge is 2.19. The normalized spacial score (nSPS) is 17.1. The van der Waals surface area contributed by atoms with Crippen molar-refractivity contribution in [3.63, 3.8) is 0 Å². The summed E-state index contributed by atoms with van der Waals surface area (Å²) in [5.41, 5.74) is 2.04. The molecular weight excluding hydrogens is 344 g/mol. The molecule has 3 rings (SSSR count). The molecule has 1 aliphatic rings. The van der Waals surface area contributed by atoms with Gasteiger partial charge in [0.2, 0.25) is 5.91 Å².